The van der Waals surface area contributed by atoms with E-state index >= 15 is 0 Å². The molecule has 0 spiro atoms. The number of hydrogen-bond donors (Lipinski definition) is 0. The smallest absolute Gasteiger partial charge is 0.113 e. The van der Waals surface area contributed by atoms with Crippen LogP contribution in [0, 0.1) is 0 Å². The molecular formula is C18H16BrN3. The van der Waals surface area contributed by atoms with Gasteiger partial charge in [0.25, 0.3) is 0 Å². The molecule has 1 aromatic heterocycles. The predicted octanol–water partition coefficient (Wildman–Crippen LogP) is 4.59. The van der Waals surface area contributed by atoms with E-state index in [2.05, 4.69) is 50.5 Å². The maximum absolute atomic E-state index is 4.27. The van der Waals surface area contributed by atoms with E-state index in [0.29, 0.717) is 0 Å². The lowest BCUT2D eigenvalue weighted by molar-refractivity contribution is 0.568. The minimum Gasteiger partial charge on any atom is -0.244 e. The van der Waals surface area contributed by atoms with E-state index in [9.17, 15) is 0 Å². The molecule has 0 N–H and O–H groups in total. The van der Waals surface area contributed by atoms with Crippen molar-refractivity contribution < 1.29 is 0 Å². The molecule has 0 aliphatic heterocycles. The Morgan fingerprint density at radius 1 is 1.00 bits per heavy atom. The van der Waals surface area contributed by atoms with E-state index in [1.165, 1.54) is 5.56 Å². The molecule has 0 saturated carbocycles. The molecule has 3 aromatic rings. The Morgan fingerprint density at radius 3 is 2.36 bits per heavy atom. The monoisotopic (exact) mass is 353 g/mol. The maximum atomic E-state index is 4.27. The van der Waals surface area contributed by atoms with Crippen molar-refractivity contribution in [1.82, 2.24) is 15.0 Å². The van der Waals surface area contributed by atoms with E-state index in [1.54, 1.807) is 0 Å². The number of nitrogens with zero attached hydrogens (tertiary/aromatic N) is 3. The Labute approximate surface area is 138 Å². The molecule has 0 bridgehead atoms. The van der Waals surface area contributed by atoms with Crippen LogP contribution in [0.1, 0.15) is 11.6 Å². The average molecular weight is 354 g/mol. The van der Waals surface area contributed by atoms with Crippen molar-refractivity contribution in [3.05, 3.63) is 78.5 Å². The first-order valence-corrected chi connectivity index (χ1v) is 8.25. The molecule has 22 heavy (non-hydrogen) atoms. The molecule has 1 unspecified atom stereocenters. The Hall–Kier alpha value is -2.20. The van der Waals surface area contributed by atoms with Gasteiger partial charge >= 0.3 is 0 Å². The molecular weight excluding hydrogens is 338 g/mol. The molecule has 0 aliphatic carbocycles. The molecule has 0 aliphatic rings. The minimum absolute atomic E-state index is 0.130. The highest BCUT2D eigenvalue weighted by Crippen LogP contribution is 2.19. The number of allylic oxidation sites excluding steroid dienone is 1. The summed E-state index contributed by atoms with van der Waals surface area (Å²) in [4.78, 5) is 0. The van der Waals surface area contributed by atoms with Crippen LogP contribution < -0.4 is 0 Å². The zero-order valence-corrected chi connectivity index (χ0v) is 13.6. The molecule has 0 fully saturated rings. The minimum atomic E-state index is 0.130. The second kappa shape index (κ2) is 7.18. The third kappa shape index (κ3) is 3.52. The van der Waals surface area contributed by atoms with E-state index in [-0.39, 0.29) is 6.04 Å². The van der Waals surface area contributed by atoms with Gasteiger partial charge in [-0.2, -0.15) is 0 Å². The number of alkyl halides is 1. The van der Waals surface area contributed by atoms with Gasteiger partial charge in [-0.3, -0.25) is 0 Å². The van der Waals surface area contributed by atoms with E-state index in [1.807, 2.05) is 59.4 Å². The van der Waals surface area contributed by atoms with E-state index < -0.39 is 0 Å². The van der Waals surface area contributed by atoms with Crippen LogP contribution in [-0.2, 0) is 0 Å². The molecule has 0 amide bonds. The van der Waals surface area contributed by atoms with Crippen molar-refractivity contribution in [3.63, 3.8) is 0 Å². The van der Waals surface area contributed by atoms with Gasteiger partial charge < -0.3 is 0 Å². The topological polar surface area (TPSA) is 30.7 Å². The van der Waals surface area contributed by atoms with Gasteiger partial charge in [0.05, 0.1) is 12.2 Å². The summed E-state index contributed by atoms with van der Waals surface area (Å²) >= 11 is 3.55. The highest BCUT2D eigenvalue weighted by atomic mass is 79.9. The fraction of sp³-hybridized carbons (Fsp3) is 0.111. The SMILES string of the molecule is BrCC(/C=C/c1ccccc1)n1cc(-c2ccccc2)nn1. The van der Waals surface area contributed by atoms with Gasteiger partial charge in [0.1, 0.15) is 5.69 Å². The lowest BCUT2D eigenvalue weighted by atomic mass is 10.1. The molecule has 3 rings (SSSR count). The average Bonchev–Trinajstić information content (AvgIpc) is 3.07. The molecule has 0 saturated heterocycles. The molecule has 1 atom stereocenters. The summed E-state index contributed by atoms with van der Waals surface area (Å²) < 4.78 is 1.89. The van der Waals surface area contributed by atoms with Gasteiger partial charge in [-0.25, -0.2) is 4.68 Å². The quantitative estimate of drug-likeness (QED) is 0.627. The number of hydrogen-bond acceptors (Lipinski definition) is 2. The molecule has 4 heteroatoms. The molecule has 0 radical (unpaired) electrons. The van der Waals surface area contributed by atoms with Crippen molar-refractivity contribution in [1.29, 1.82) is 0 Å². The summed E-state index contributed by atoms with van der Waals surface area (Å²) in [6.07, 6.45) is 6.22. The fourth-order valence-electron chi connectivity index (χ4n) is 2.18. The summed E-state index contributed by atoms with van der Waals surface area (Å²) in [5.74, 6) is 0. The highest BCUT2D eigenvalue weighted by Gasteiger charge is 2.09. The summed E-state index contributed by atoms with van der Waals surface area (Å²) in [5, 5.41) is 9.32. The van der Waals surface area contributed by atoms with Gasteiger partial charge in [0.2, 0.25) is 0 Å². The van der Waals surface area contributed by atoms with Crippen LogP contribution in [0.15, 0.2) is 72.9 Å². The summed E-state index contributed by atoms with van der Waals surface area (Å²) in [7, 11) is 0. The fourth-order valence-corrected chi connectivity index (χ4v) is 2.69. The zero-order chi connectivity index (χ0) is 15.2. The van der Waals surface area contributed by atoms with Crippen LogP contribution in [-0.4, -0.2) is 20.3 Å². The van der Waals surface area contributed by atoms with E-state index in [0.717, 1.165) is 16.6 Å². The number of benzene rings is 2. The Morgan fingerprint density at radius 2 is 1.68 bits per heavy atom. The second-order valence-corrected chi connectivity index (χ2v) is 5.59. The first kappa shape index (κ1) is 14.7. The van der Waals surface area contributed by atoms with Crippen molar-refractivity contribution in [2.45, 2.75) is 6.04 Å². The van der Waals surface area contributed by atoms with Crippen LogP contribution >= 0.6 is 15.9 Å². The third-order valence-electron chi connectivity index (χ3n) is 3.39. The Kier molecular flexibility index (Phi) is 4.81. The van der Waals surface area contributed by atoms with Crippen molar-refractivity contribution >= 4 is 22.0 Å². The first-order chi connectivity index (χ1) is 10.9. The predicted molar refractivity (Wildman–Crippen MR) is 93.8 cm³/mol. The number of rotatable bonds is 5. The van der Waals surface area contributed by atoms with Crippen LogP contribution in [0.4, 0.5) is 0 Å². The zero-order valence-electron chi connectivity index (χ0n) is 12.0. The van der Waals surface area contributed by atoms with Gasteiger partial charge in [0, 0.05) is 10.9 Å². The van der Waals surface area contributed by atoms with Crippen LogP contribution in [0.5, 0.6) is 0 Å². The number of halogens is 1. The second-order valence-electron chi connectivity index (χ2n) is 4.94. The van der Waals surface area contributed by atoms with Crippen LogP contribution in [0.3, 0.4) is 0 Å². The summed E-state index contributed by atoms with van der Waals surface area (Å²) in [6.45, 7) is 0. The Bertz CT molecular complexity index is 735. The first-order valence-electron chi connectivity index (χ1n) is 7.13. The van der Waals surface area contributed by atoms with Crippen molar-refractivity contribution in [2.24, 2.45) is 0 Å². The maximum Gasteiger partial charge on any atom is 0.113 e. The van der Waals surface area contributed by atoms with Gasteiger partial charge in [-0.05, 0) is 5.56 Å². The Balaban J connectivity index is 1.80. The van der Waals surface area contributed by atoms with Crippen molar-refractivity contribution in [3.8, 4) is 11.3 Å². The number of aromatic nitrogens is 3. The largest absolute Gasteiger partial charge is 0.244 e. The van der Waals surface area contributed by atoms with Crippen LogP contribution in [0.2, 0.25) is 0 Å². The highest BCUT2D eigenvalue weighted by molar-refractivity contribution is 9.09. The molecule has 2 aromatic carbocycles. The van der Waals surface area contributed by atoms with E-state index in [4.69, 9.17) is 0 Å². The standard InChI is InChI=1S/C18H16BrN3/c19-13-17(12-11-15-7-3-1-4-8-15)22-14-18(20-21-22)16-9-5-2-6-10-16/h1-12,14,17H,13H2/b12-11+. The van der Waals surface area contributed by atoms with Gasteiger partial charge in [-0.15, -0.1) is 5.10 Å². The van der Waals surface area contributed by atoms with Crippen LogP contribution in [0.25, 0.3) is 17.3 Å². The molecule has 1 heterocycles. The molecule has 110 valence electrons. The lowest BCUT2D eigenvalue weighted by Crippen LogP contribution is -2.08. The molecule has 3 nitrogen and oxygen atoms in total. The summed E-state index contributed by atoms with van der Waals surface area (Å²) in [6, 6.07) is 20.5. The normalized spacial score (nSPS) is 12.6. The third-order valence-corrected chi connectivity index (χ3v) is 4.05. The summed E-state index contributed by atoms with van der Waals surface area (Å²) in [5.41, 5.74) is 3.14. The lowest BCUT2D eigenvalue weighted by Gasteiger charge is -2.08. The van der Waals surface area contributed by atoms with Gasteiger partial charge in [0.15, 0.2) is 0 Å². The van der Waals surface area contributed by atoms with Crippen molar-refractivity contribution in [2.75, 3.05) is 5.33 Å². The van der Waals surface area contributed by atoms with Gasteiger partial charge in [-0.1, -0.05) is 94.0 Å².